The standard InChI is InChI=1S/C46H30.C42H28/c1-3-13-31(14-4-1)34-25-23-32-24-26-35(30-36(32)29-34)45-40-19-9-11-21-42(40)46(43-22-12-10-20-41(43)45)44-28-27-37(33-15-5-2-6-16-33)38-17-7-8-18-39(38)44;1-3-11-29(12-4-1)31-19-23-33(24-20-31)41-37-15-7-9-17-39(37)42(40-18-10-8-16-38(40)41)35-26-22-32-21-25-34(27-36(32)28-35)30-13-5-2-6-14-30/h1-30H;1-28H/i1D,3D,4D,13D,14D;2D,5D,6D,13D,14D. The van der Waals surface area contributed by atoms with Gasteiger partial charge in [0.15, 0.2) is 0 Å². The molecule has 17 aromatic carbocycles. The first-order valence-corrected chi connectivity index (χ1v) is 29.6. The molecule has 0 atom stereocenters. The Morgan fingerprint density at radius 1 is 0.159 bits per heavy atom. The molecule has 410 valence electrons. The van der Waals surface area contributed by atoms with Gasteiger partial charge in [-0.2, -0.15) is 0 Å². The van der Waals surface area contributed by atoms with E-state index in [1.165, 1.54) is 60.5 Å². The monoisotopic (exact) mass is 1120 g/mol. The van der Waals surface area contributed by atoms with Crippen molar-refractivity contribution >= 4 is 75.4 Å². The predicted molar refractivity (Wildman–Crippen MR) is 379 cm³/mol. The van der Waals surface area contributed by atoms with Crippen LogP contribution in [0.5, 0.6) is 0 Å². The lowest BCUT2D eigenvalue weighted by Crippen LogP contribution is -1.92. The molecule has 17 aromatic rings. The summed E-state index contributed by atoms with van der Waals surface area (Å²) >= 11 is 0. The van der Waals surface area contributed by atoms with Gasteiger partial charge in [0.25, 0.3) is 0 Å². The predicted octanol–water partition coefficient (Wildman–Crippen LogP) is 24.8. The van der Waals surface area contributed by atoms with Crippen LogP contribution < -0.4 is 0 Å². The molecule has 0 aliphatic carbocycles. The molecule has 0 spiro atoms. The molecule has 88 heavy (non-hydrogen) atoms. The molecule has 0 saturated heterocycles. The van der Waals surface area contributed by atoms with Crippen LogP contribution in [-0.4, -0.2) is 0 Å². The summed E-state index contributed by atoms with van der Waals surface area (Å²) in [6.07, 6.45) is 0. The van der Waals surface area contributed by atoms with Crippen molar-refractivity contribution in [2.45, 2.75) is 0 Å². The Morgan fingerprint density at radius 3 is 0.864 bits per heavy atom. The van der Waals surface area contributed by atoms with E-state index in [0.29, 0.717) is 11.1 Å². The molecule has 0 aliphatic heterocycles. The van der Waals surface area contributed by atoms with Crippen molar-refractivity contribution in [2.24, 2.45) is 0 Å². The molecule has 0 unspecified atom stereocenters. The van der Waals surface area contributed by atoms with Gasteiger partial charge in [-0.1, -0.05) is 327 Å². The lowest BCUT2D eigenvalue weighted by atomic mass is 9.83. The van der Waals surface area contributed by atoms with Crippen LogP contribution >= 0.6 is 0 Å². The zero-order valence-corrected chi connectivity index (χ0v) is 47.7. The highest BCUT2D eigenvalue weighted by Gasteiger charge is 2.21. The minimum atomic E-state index is -0.390. The summed E-state index contributed by atoms with van der Waals surface area (Å²) in [6.45, 7) is 0. The number of hydrogen-bond donors (Lipinski definition) is 0. The molecule has 17 rings (SSSR count). The third-order valence-corrected chi connectivity index (χ3v) is 17.3. The zero-order valence-electron chi connectivity index (χ0n) is 57.7. The van der Waals surface area contributed by atoms with Gasteiger partial charge in [0.1, 0.15) is 0 Å². The highest BCUT2D eigenvalue weighted by Crippen LogP contribution is 2.48. The fourth-order valence-electron chi connectivity index (χ4n) is 13.2. The Hall–Kier alpha value is -11.4. The molecule has 0 N–H and O–H groups in total. The highest BCUT2D eigenvalue weighted by molar-refractivity contribution is 6.25. The van der Waals surface area contributed by atoms with Crippen LogP contribution in [-0.2, 0) is 0 Å². The SMILES string of the molecule is [2H]c1c([2H])c([2H])c(-c2ccc3ccc(-c4c5ccccc5c(-c5ccc(-c6ccccc6)c6ccccc56)c5ccccc45)cc3c2)c([2H])c1[2H].[2H]c1c([2H])c([2H])c(-c2ccc3ccc(-c4c5ccccc5c(-c5ccc(-c6ccccc6)cc5)c5ccccc45)cc3c2)c([2H])c1[2H]. The van der Waals surface area contributed by atoms with Crippen LogP contribution in [0.25, 0.3) is 164 Å². The van der Waals surface area contributed by atoms with Gasteiger partial charge in [-0.15, -0.1) is 0 Å². The van der Waals surface area contributed by atoms with Crippen molar-refractivity contribution in [3.63, 3.8) is 0 Å². The fraction of sp³-hybridized carbons (Fsp3) is 0. The van der Waals surface area contributed by atoms with Crippen molar-refractivity contribution in [1.82, 2.24) is 0 Å². The first-order chi connectivity index (χ1) is 47.8. The summed E-state index contributed by atoms with van der Waals surface area (Å²) in [5, 5.41) is 15.5. The fourth-order valence-corrected chi connectivity index (χ4v) is 13.2. The van der Waals surface area contributed by atoms with Gasteiger partial charge in [0.2, 0.25) is 0 Å². The van der Waals surface area contributed by atoms with Gasteiger partial charge in [-0.25, -0.2) is 0 Å². The van der Waals surface area contributed by atoms with Crippen molar-refractivity contribution in [1.29, 1.82) is 0 Å². The molecule has 0 aliphatic rings. The van der Waals surface area contributed by atoms with Gasteiger partial charge >= 0.3 is 0 Å². The number of hydrogen-bond acceptors (Lipinski definition) is 0. The van der Waals surface area contributed by atoms with Crippen LogP contribution in [0.4, 0.5) is 0 Å². The van der Waals surface area contributed by atoms with E-state index in [9.17, 15) is 0 Å². The smallest absolute Gasteiger partial charge is 0.0622 e. The third kappa shape index (κ3) is 9.46. The lowest BCUT2D eigenvalue weighted by Gasteiger charge is -2.20. The van der Waals surface area contributed by atoms with E-state index in [0.717, 1.165) is 81.7 Å². The second kappa shape index (κ2) is 22.5. The molecule has 0 saturated carbocycles. The Kier molecular flexibility index (Phi) is 10.8. The van der Waals surface area contributed by atoms with Gasteiger partial charge in [-0.3, -0.25) is 0 Å². The van der Waals surface area contributed by atoms with Gasteiger partial charge in [0, 0.05) is 0 Å². The minimum Gasteiger partial charge on any atom is -0.0622 e. The zero-order chi connectivity index (χ0) is 67.0. The van der Waals surface area contributed by atoms with Crippen molar-refractivity contribution in [3.8, 4) is 89.0 Å². The van der Waals surface area contributed by atoms with E-state index < -0.39 is 0 Å². The molecular formula is C88H58. The van der Waals surface area contributed by atoms with Crippen LogP contribution in [0.3, 0.4) is 0 Å². The molecule has 0 radical (unpaired) electrons. The molecule has 0 fully saturated rings. The van der Waals surface area contributed by atoms with E-state index in [1.54, 1.807) is 0 Å². The largest absolute Gasteiger partial charge is 0.0629 e. The average Bonchev–Trinajstić information content (AvgIpc) is 0.733. The molecule has 0 aromatic heterocycles. The second-order valence-electron chi connectivity index (χ2n) is 22.3. The first-order valence-electron chi connectivity index (χ1n) is 34.6. The Morgan fingerprint density at radius 2 is 0.443 bits per heavy atom. The van der Waals surface area contributed by atoms with Gasteiger partial charge in [-0.05, 0) is 189 Å². The van der Waals surface area contributed by atoms with E-state index in [4.69, 9.17) is 13.7 Å². The first kappa shape index (κ1) is 42.4. The summed E-state index contributed by atoms with van der Waals surface area (Å²) in [7, 11) is 0. The minimum absolute atomic E-state index is 0.198. The van der Waals surface area contributed by atoms with Crippen LogP contribution in [0.15, 0.2) is 352 Å². The van der Waals surface area contributed by atoms with Crippen molar-refractivity contribution in [2.75, 3.05) is 0 Å². The number of benzene rings is 17. The van der Waals surface area contributed by atoms with Gasteiger partial charge < -0.3 is 0 Å². The van der Waals surface area contributed by atoms with Gasteiger partial charge in [0.05, 0.1) is 13.7 Å². The maximum Gasteiger partial charge on any atom is 0.0629 e. The number of rotatable bonds is 8. The van der Waals surface area contributed by atoms with Crippen molar-refractivity contribution in [3.05, 3.63) is 352 Å². The Labute approximate surface area is 527 Å². The summed E-state index contributed by atoms with van der Waals surface area (Å²) in [5.74, 6) is 0. The van der Waals surface area contributed by atoms with Crippen LogP contribution in [0, 0.1) is 0 Å². The molecule has 0 heteroatoms. The summed E-state index contributed by atoms with van der Waals surface area (Å²) in [4.78, 5) is 0. The lowest BCUT2D eigenvalue weighted by molar-refractivity contribution is 1.61. The molecule has 0 nitrogen and oxygen atoms in total. The maximum atomic E-state index is 8.56. The van der Waals surface area contributed by atoms with E-state index in [-0.39, 0.29) is 71.6 Å². The van der Waals surface area contributed by atoms with Crippen LogP contribution in [0.2, 0.25) is 0 Å². The van der Waals surface area contributed by atoms with E-state index in [1.807, 2.05) is 42.5 Å². The second-order valence-corrected chi connectivity index (χ2v) is 22.3. The topological polar surface area (TPSA) is 0 Å². The normalized spacial score (nSPS) is 13.0. The molecule has 0 heterocycles. The summed E-state index contributed by atoms with van der Waals surface area (Å²) < 4.78 is 83.0. The van der Waals surface area contributed by atoms with E-state index in [2.05, 4.69) is 249 Å². The third-order valence-electron chi connectivity index (χ3n) is 17.3. The quantitative estimate of drug-likeness (QED) is 0.133. The maximum absolute atomic E-state index is 8.56. The molecular weight excluding hydrogens is 1060 g/mol. The highest BCUT2D eigenvalue weighted by atomic mass is 14.2. The molecule has 0 bridgehead atoms. The van der Waals surface area contributed by atoms with E-state index >= 15 is 0 Å². The molecule has 0 amide bonds. The van der Waals surface area contributed by atoms with Crippen LogP contribution in [0.1, 0.15) is 13.7 Å². The van der Waals surface area contributed by atoms with Crippen molar-refractivity contribution < 1.29 is 13.7 Å². The summed E-state index contributed by atoms with van der Waals surface area (Å²) in [6, 6.07) is 98.7. The number of fused-ring (bicyclic) bond motifs is 7. The average molecular weight is 1130 g/mol. The Bertz CT molecular complexity index is 5930. The summed E-state index contributed by atoms with van der Waals surface area (Å²) in [5.41, 5.74) is 15.5. The Balaban J connectivity index is 0.000000154.